The summed E-state index contributed by atoms with van der Waals surface area (Å²) in [6, 6.07) is 7.76. The molecule has 0 amide bonds. The van der Waals surface area contributed by atoms with Crippen LogP contribution < -0.4 is 4.74 Å². The molecule has 1 aromatic carbocycles. The summed E-state index contributed by atoms with van der Waals surface area (Å²) < 4.78 is 4.89. The van der Waals surface area contributed by atoms with Crippen LogP contribution in [0.25, 0.3) is 0 Å². The van der Waals surface area contributed by atoms with Gasteiger partial charge >= 0.3 is 0 Å². The summed E-state index contributed by atoms with van der Waals surface area (Å²) in [5.41, 5.74) is 0. The molecule has 2 nitrogen and oxygen atoms in total. The number of carbonyl (C=O) groups is 1. The number of methoxy groups -OCH3 is 1. The minimum Gasteiger partial charge on any atom is -0.497 e. The molecule has 0 aromatic heterocycles. The van der Waals surface area contributed by atoms with Crippen LogP contribution in [0.2, 0.25) is 0 Å². The van der Waals surface area contributed by atoms with Crippen LogP contribution in [0, 0.1) is 0 Å². The highest BCUT2D eigenvalue weighted by molar-refractivity contribution is 8.00. The molecule has 88 valence electrons. The molecule has 1 aromatic rings. The molecule has 0 atom stereocenters. The second-order valence-electron chi connectivity index (χ2n) is 4.07. The van der Waals surface area contributed by atoms with Gasteiger partial charge in [0.05, 0.1) is 7.11 Å². The van der Waals surface area contributed by atoms with Crippen molar-refractivity contribution in [3.8, 4) is 5.75 Å². The minimum atomic E-state index is -0.300. The fourth-order valence-corrected chi connectivity index (χ4v) is 2.86. The number of hydrogen-bond donors (Lipinski definition) is 0. The molecule has 0 heterocycles. The van der Waals surface area contributed by atoms with Crippen molar-refractivity contribution in [2.24, 2.45) is 0 Å². The van der Waals surface area contributed by atoms with E-state index in [9.17, 15) is 4.79 Å². The zero-order chi connectivity index (χ0) is 12.2. The van der Waals surface area contributed by atoms with Crippen molar-refractivity contribution in [1.29, 1.82) is 0 Å². The van der Waals surface area contributed by atoms with Crippen LogP contribution in [-0.4, -0.2) is 17.1 Å². The smallest absolute Gasteiger partial charge is 0.223 e. The third kappa shape index (κ3) is 4.45. The van der Waals surface area contributed by atoms with E-state index in [0.717, 1.165) is 10.6 Å². The van der Waals surface area contributed by atoms with Gasteiger partial charge in [-0.15, -0.1) is 11.8 Å². The van der Waals surface area contributed by atoms with Crippen molar-refractivity contribution in [3.05, 3.63) is 24.3 Å². The first-order chi connectivity index (χ1) is 7.43. The average Bonchev–Trinajstić information content (AvgIpc) is 2.16. The maximum Gasteiger partial charge on any atom is 0.223 e. The van der Waals surface area contributed by atoms with Gasteiger partial charge in [0.15, 0.2) is 0 Å². The van der Waals surface area contributed by atoms with Gasteiger partial charge in [0.2, 0.25) is 5.24 Å². The third-order valence-electron chi connectivity index (χ3n) is 2.02. The Hall–Kier alpha value is -0.670. The van der Waals surface area contributed by atoms with Crippen molar-refractivity contribution in [2.45, 2.75) is 29.9 Å². The first kappa shape index (κ1) is 13.4. The van der Waals surface area contributed by atoms with Crippen molar-refractivity contribution in [3.63, 3.8) is 0 Å². The highest BCUT2D eigenvalue weighted by atomic mass is 35.5. The topological polar surface area (TPSA) is 26.3 Å². The second-order valence-corrected chi connectivity index (χ2v) is 6.27. The highest BCUT2D eigenvalue weighted by Crippen LogP contribution is 2.36. The van der Waals surface area contributed by atoms with Crippen LogP contribution in [0.15, 0.2) is 29.2 Å². The second kappa shape index (κ2) is 5.60. The summed E-state index contributed by atoms with van der Waals surface area (Å²) in [5, 5.41) is -0.300. The van der Waals surface area contributed by atoms with E-state index >= 15 is 0 Å². The molecule has 0 aliphatic heterocycles. The number of rotatable bonds is 5. The number of benzene rings is 1. The van der Waals surface area contributed by atoms with Crippen molar-refractivity contribution in [2.75, 3.05) is 7.11 Å². The van der Waals surface area contributed by atoms with E-state index in [1.54, 1.807) is 18.9 Å². The Labute approximate surface area is 105 Å². The third-order valence-corrected chi connectivity index (χ3v) is 3.36. The van der Waals surface area contributed by atoms with Gasteiger partial charge in [-0.2, -0.15) is 0 Å². The Balaban J connectivity index is 2.68. The van der Waals surface area contributed by atoms with Gasteiger partial charge in [-0.3, -0.25) is 4.79 Å². The van der Waals surface area contributed by atoms with Crippen LogP contribution in [-0.2, 0) is 4.79 Å². The van der Waals surface area contributed by atoms with Gasteiger partial charge < -0.3 is 4.74 Å². The highest BCUT2D eigenvalue weighted by Gasteiger charge is 2.22. The zero-order valence-corrected chi connectivity index (χ0v) is 11.2. The van der Waals surface area contributed by atoms with Crippen LogP contribution in [0.5, 0.6) is 5.75 Å². The largest absolute Gasteiger partial charge is 0.497 e. The molecule has 0 saturated carbocycles. The zero-order valence-electron chi connectivity index (χ0n) is 9.62. The molecule has 1 rings (SSSR count). The Morgan fingerprint density at radius 2 is 1.94 bits per heavy atom. The standard InChI is InChI=1S/C12H15ClO2S/c1-12(2,8-11(13)14)16-10-6-4-9(15-3)5-7-10/h4-7H,8H2,1-3H3. The average molecular weight is 259 g/mol. The van der Waals surface area contributed by atoms with Crippen LogP contribution in [0.4, 0.5) is 0 Å². The summed E-state index contributed by atoms with van der Waals surface area (Å²) in [5.74, 6) is 0.829. The molecule has 4 heteroatoms. The lowest BCUT2D eigenvalue weighted by atomic mass is 10.1. The normalized spacial score (nSPS) is 11.2. The van der Waals surface area contributed by atoms with E-state index < -0.39 is 0 Å². The van der Waals surface area contributed by atoms with Crippen molar-refractivity contribution in [1.82, 2.24) is 0 Å². The first-order valence-corrected chi connectivity index (χ1v) is 6.14. The summed E-state index contributed by atoms with van der Waals surface area (Å²) in [6.07, 6.45) is 0.352. The molecule has 0 bridgehead atoms. The first-order valence-electron chi connectivity index (χ1n) is 4.94. The number of hydrogen-bond acceptors (Lipinski definition) is 3. The minimum absolute atomic E-state index is 0.187. The van der Waals surface area contributed by atoms with E-state index in [1.807, 2.05) is 38.1 Å². The maximum absolute atomic E-state index is 10.9. The van der Waals surface area contributed by atoms with Crippen LogP contribution in [0.3, 0.4) is 0 Å². The molecule has 16 heavy (non-hydrogen) atoms. The van der Waals surface area contributed by atoms with E-state index in [1.165, 1.54) is 0 Å². The van der Waals surface area contributed by atoms with E-state index in [2.05, 4.69) is 0 Å². The molecular formula is C12H15ClO2S. The molecular weight excluding hydrogens is 244 g/mol. The lowest BCUT2D eigenvalue weighted by molar-refractivity contribution is -0.112. The Morgan fingerprint density at radius 3 is 2.38 bits per heavy atom. The van der Waals surface area contributed by atoms with Crippen molar-refractivity contribution >= 4 is 28.6 Å². The number of halogens is 1. The molecule has 0 N–H and O–H groups in total. The molecule has 0 saturated heterocycles. The maximum atomic E-state index is 10.9. The molecule has 0 aliphatic rings. The van der Waals surface area contributed by atoms with Crippen molar-refractivity contribution < 1.29 is 9.53 Å². The summed E-state index contributed by atoms with van der Waals surface area (Å²) in [6.45, 7) is 4.00. The summed E-state index contributed by atoms with van der Waals surface area (Å²) in [4.78, 5) is 12.0. The Bertz CT molecular complexity index is 360. The SMILES string of the molecule is COc1ccc(SC(C)(C)CC(=O)Cl)cc1. The lowest BCUT2D eigenvalue weighted by Crippen LogP contribution is -2.17. The van der Waals surface area contributed by atoms with Gasteiger partial charge in [0.1, 0.15) is 5.75 Å². The monoisotopic (exact) mass is 258 g/mol. The number of thioether (sulfide) groups is 1. The molecule has 0 aliphatic carbocycles. The summed E-state index contributed by atoms with van der Waals surface area (Å²) >= 11 is 7.04. The number of carbonyl (C=O) groups excluding carboxylic acids is 1. The van der Waals surface area contributed by atoms with Gasteiger partial charge in [-0.05, 0) is 49.7 Å². The van der Waals surface area contributed by atoms with Gasteiger partial charge in [0, 0.05) is 16.1 Å². The van der Waals surface area contributed by atoms with E-state index in [0.29, 0.717) is 6.42 Å². The van der Waals surface area contributed by atoms with Gasteiger partial charge in [0.25, 0.3) is 0 Å². The Kier molecular flexibility index (Phi) is 4.69. The van der Waals surface area contributed by atoms with Crippen LogP contribution in [0.1, 0.15) is 20.3 Å². The quantitative estimate of drug-likeness (QED) is 0.595. The lowest BCUT2D eigenvalue weighted by Gasteiger charge is -2.21. The van der Waals surface area contributed by atoms with Gasteiger partial charge in [-0.1, -0.05) is 0 Å². The predicted octanol–water partition coefficient (Wildman–Crippen LogP) is 3.72. The van der Waals surface area contributed by atoms with E-state index in [-0.39, 0.29) is 9.99 Å². The fraction of sp³-hybridized carbons (Fsp3) is 0.417. The number of ether oxygens (including phenoxy) is 1. The molecule has 0 fully saturated rings. The summed E-state index contributed by atoms with van der Waals surface area (Å²) in [7, 11) is 1.64. The predicted molar refractivity (Wildman–Crippen MR) is 68.4 cm³/mol. The molecule has 0 radical (unpaired) electrons. The Morgan fingerprint density at radius 1 is 1.38 bits per heavy atom. The van der Waals surface area contributed by atoms with Gasteiger partial charge in [-0.25, -0.2) is 0 Å². The fourth-order valence-electron chi connectivity index (χ4n) is 1.33. The van der Waals surface area contributed by atoms with Crippen LogP contribution >= 0.6 is 23.4 Å². The molecule has 0 unspecified atom stereocenters. The van der Waals surface area contributed by atoms with E-state index in [4.69, 9.17) is 16.3 Å². The molecule has 0 spiro atoms.